The third-order valence-corrected chi connectivity index (χ3v) is 9.47. The number of allylic oxidation sites excluding steroid dienone is 3. The molecule has 0 saturated carbocycles. The number of unbranched alkanes of at least 4 members (excludes halogenated alkanes) is 3. The molecule has 0 amide bonds. The highest BCUT2D eigenvalue weighted by Crippen LogP contribution is 2.39. The molecule has 0 unspecified atom stereocenters. The second-order valence-corrected chi connectivity index (χ2v) is 12.8. The fourth-order valence-electron chi connectivity index (χ4n) is 2.46. The normalized spacial score (nSPS) is 23.3. The molecule has 1 aliphatic carbocycles. The maximum atomic E-state index is 6.48. The van der Waals surface area contributed by atoms with Crippen LogP contribution in [-0.4, -0.2) is 14.4 Å². The van der Waals surface area contributed by atoms with Gasteiger partial charge in [0.15, 0.2) is 8.32 Å². The maximum absolute atomic E-state index is 6.48. The highest BCUT2D eigenvalue weighted by atomic mass is 28.4. The quantitative estimate of drug-likeness (QED) is 0.283. The molecule has 0 aromatic carbocycles. The first-order chi connectivity index (χ1) is 9.76. The Morgan fingerprint density at radius 3 is 2.48 bits per heavy atom. The molecule has 0 heterocycles. The van der Waals surface area contributed by atoms with Crippen LogP contribution in [0.5, 0.6) is 0 Å². The van der Waals surface area contributed by atoms with E-state index in [2.05, 4.69) is 65.1 Å². The molecule has 2 atom stereocenters. The summed E-state index contributed by atoms with van der Waals surface area (Å²) in [5.41, 5.74) is 0. The van der Waals surface area contributed by atoms with Crippen LogP contribution in [0.3, 0.4) is 0 Å². The smallest absolute Gasteiger partial charge is 0.192 e. The van der Waals surface area contributed by atoms with Crippen LogP contribution in [0.25, 0.3) is 0 Å². The lowest BCUT2D eigenvalue weighted by atomic mass is 10.0. The monoisotopic (exact) mass is 308 g/mol. The molecule has 0 N–H and O–H groups in total. The predicted octanol–water partition coefficient (Wildman–Crippen LogP) is 6.48. The molecule has 0 bridgehead atoms. The molecule has 0 saturated heterocycles. The van der Waals surface area contributed by atoms with E-state index in [0.717, 1.165) is 0 Å². The van der Waals surface area contributed by atoms with Crippen LogP contribution >= 0.6 is 0 Å². The molecular weight excluding hydrogens is 272 g/mol. The van der Waals surface area contributed by atoms with E-state index in [-0.39, 0.29) is 0 Å². The molecule has 122 valence electrons. The van der Waals surface area contributed by atoms with Crippen molar-refractivity contribution in [3.63, 3.8) is 0 Å². The first kappa shape index (κ1) is 18.7. The zero-order valence-corrected chi connectivity index (χ0v) is 16.1. The minimum atomic E-state index is -1.62. The van der Waals surface area contributed by atoms with Crippen LogP contribution in [0, 0.1) is 5.92 Å². The van der Waals surface area contributed by atoms with Crippen molar-refractivity contribution >= 4 is 8.32 Å². The third-order valence-electron chi connectivity index (χ3n) is 4.97. The first-order valence-corrected chi connectivity index (χ1v) is 11.7. The first-order valence-electron chi connectivity index (χ1n) is 8.77. The van der Waals surface area contributed by atoms with E-state index in [4.69, 9.17) is 4.43 Å². The maximum Gasteiger partial charge on any atom is 0.192 e. The number of rotatable bonds is 8. The van der Waals surface area contributed by atoms with Crippen molar-refractivity contribution in [2.75, 3.05) is 0 Å². The Morgan fingerprint density at radius 1 is 1.14 bits per heavy atom. The van der Waals surface area contributed by atoms with Gasteiger partial charge in [0, 0.05) is 0 Å². The standard InChI is InChI=1S/C19H36OSi/c1-7-8-9-10-11-12-13-17-14-15-18(16-17)20-21(5,6)19(2,3)4/h11-12,14-15,17-18H,7-10,13,16H2,1-6H3/b12-11-/t17-,18+/m0/s1. The SMILES string of the molecule is CCCCC/C=C\C[C@H]1C=C[C@@H](O[Si](C)(C)C(C)(C)C)C1. The summed E-state index contributed by atoms with van der Waals surface area (Å²) in [5, 5.41) is 0.304. The fourth-order valence-corrected chi connectivity index (χ4v) is 3.74. The Morgan fingerprint density at radius 2 is 1.86 bits per heavy atom. The van der Waals surface area contributed by atoms with Gasteiger partial charge in [-0.3, -0.25) is 0 Å². The van der Waals surface area contributed by atoms with Crippen LogP contribution in [0.1, 0.15) is 66.2 Å². The molecular formula is C19H36OSi. The summed E-state index contributed by atoms with van der Waals surface area (Å²) in [6.07, 6.45) is 17.4. The van der Waals surface area contributed by atoms with Gasteiger partial charge < -0.3 is 4.43 Å². The van der Waals surface area contributed by atoms with Gasteiger partial charge in [0.2, 0.25) is 0 Å². The number of hydrogen-bond acceptors (Lipinski definition) is 1. The van der Waals surface area contributed by atoms with Crippen molar-refractivity contribution < 1.29 is 4.43 Å². The lowest BCUT2D eigenvalue weighted by molar-refractivity contribution is 0.213. The molecule has 0 radical (unpaired) electrons. The summed E-state index contributed by atoms with van der Waals surface area (Å²) in [6, 6.07) is 0. The van der Waals surface area contributed by atoms with Crippen molar-refractivity contribution in [1.82, 2.24) is 0 Å². The van der Waals surface area contributed by atoms with Crippen LogP contribution in [-0.2, 0) is 4.43 Å². The van der Waals surface area contributed by atoms with Crippen molar-refractivity contribution in [1.29, 1.82) is 0 Å². The van der Waals surface area contributed by atoms with Gasteiger partial charge in [-0.1, -0.05) is 64.8 Å². The van der Waals surface area contributed by atoms with E-state index < -0.39 is 8.32 Å². The fraction of sp³-hybridized carbons (Fsp3) is 0.789. The van der Waals surface area contributed by atoms with Gasteiger partial charge >= 0.3 is 0 Å². The second-order valence-electron chi connectivity index (χ2n) is 8.00. The average Bonchev–Trinajstić information content (AvgIpc) is 2.79. The van der Waals surface area contributed by atoms with Crippen LogP contribution in [0.4, 0.5) is 0 Å². The van der Waals surface area contributed by atoms with Gasteiger partial charge in [-0.15, -0.1) is 0 Å². The molecule has 21 heavy (non-hydrogen) atoms. The lowest BCUT2D eigenvalue weighted by Crippen LogP contribution is -2.43. The molecule has 0 aromatic rings. The van der Waals surface area contributed by atoms with E-state index >= 15 is 0 Å². The minimum Gasteiger partial charge on any atom is -0.411 e. The van der Waals surface area contributed by atoms with Crippen LogP contribution in [0.2, 0.25) is 18.1 Å². The van der Waals surface area contributed by atoms with Crippen molar-refractivity contribution in [2.24, 2.45) is 5.92 Å². The van der Waals surface area contributed by atoms with Crippen molar-refractivity contribution in [2.45, 2.75) is 90.5 Å². The van der Waals surface area contributed by atoms with Gasteiger partial charge in [-0.05, 0) is 49.7 Å². The molecule has 0 aromatic heterocycles. The van der Waals surface area contributed by atoms with E-state index in [0.29, 0.717) is 17.1 Å². The summed E-state index contributed by atoms with van der Waals surface area (Å²) in [4.78, 5) is 0. The van der Waals surface area contributed by atoms with Gasteiger partial charge in [0.25, 0.3) is 0 Å². The predicted molar refractivity (Wildman–Crippen MR) is 97.2 cm³/mol. The minimum absolute atomic E-state index is 0.304. The third kappa shape index (κ3) is 6.52. The molecule has 1 aliphatic rings. The molecule has 1 rings (SSSR count). The topological polar surface area (TPSA) is 9.23 Å². The summed E-state index contributed by atoms with van der Waals surface area (Å²) in [5.74, 6) is 0.683. The second kappa shape index (κ2) is 8.33. The van der Waals surface area contributed by atoms with E-state index in [9.17, 15) is 0 Å². The van der Waals surface area contributed by atoms with E-state index in [1.165, 1.54) is 38.5 Å². The van der Waals surface area contributed by atoms with Gasteiger partial charge in [0.05, 0.1) is 6.10 Å². The number of hydrogen-bond donors (Lipinski definition) is 0. The molecule has 2 heteroatoms. The summed E-state index contributed by atoms with van der Waals surface area (Å²) < 4.78 is 6.48. The Bertz CT molecular complexity index is 349. The summed E-state index contributed by atoms with van der Waals surface area (Å²) >= 11 is 0. The zero-order chi connectivity index (χ0) is 15.9. The average molecular weight is 309 g/mol. The van der Waals surface area contributed by atoms with E-state index in [1.54, 1.807) is 0 Å². The van der Waals surface area contributed by atoms with Gasteiger partial charge in [0.1, 0.15) is 0 Å². The molecule has 0 spiro atoms. The Labute approximate surface area is 134 Å². The molecule has 1 nitrogen and oxygen atoms in total. The molecule has 0 fully saturated rings. The summed E-state index contributed by atoms with van der Waals surface area (Å²) in [7, 11) is -1.62. The van der Waals surface area contributed by atoms with Crippen molar-refractivity contribution in [3.05, 3.63) is 24.3 Å². The van der Waals surface area contributed by atoms with Crippen LogP contribution < -0.4 is 0 Å². The highest BCUT2D eigenvalue weighted by molar-refractivity contribution is 6.74. The molecule has 0 aliphatic heterocycles. The Balaban J connectivity index is 2.29. The summed E-state index contributed by atoms with van der Waals surface area (Å²) in [6.45, 7) is 13.9. The Kier molecular flexibility index (Phi) is 7.42. The highest BCUT2D eigenvalue weighted by Gasteiger charge is 2.39. The largest absolute Gasteiger partial charge is 0.411 e. The van der Waals surface area contributed by atoms with Gasteiger partial charge in [-0.2, -0.15) is 0 Å². The lowest BCUT2D eigenvalue weighted by Gasteiger charge is -2.38. The van der Waals surface area contributed by atoms with Crippen molar-refractivity contribution in [3.8, 4) is 0 Å². The zero-order valence-electron chi connectivity index (χ0n) is 15.1. The van der Waals surface area contributed by atoms with Crippen LogP contribution in [0.15, 0.2) is 24.3 Å². The van der Waals surface area contributed by atoms with E-state index in [1.807, 2.05) is 0 Å². The van der Waals surface area contributed by atoms with Gasteiger partial charge in [-0.25, -0.2) is 0 Å². The Hall–Kier alpha value is -0.343.